The summed E-state index contributed by atoms with van der Waals surface area (Å²) in [5, 5.41) is 0.582. The van der Waals surface area contributed by atoms with E-state index >= 15 is 0 Å². The highest BCUT2D eigenvalue weighted by Gasteiger charge is 2.35. The van der Waals surface area contributed by atoms with E-state index < -0.39 is 12.2 Å². The number of carbonyl (C=O) groups excluding carboxylic acids is 1. The summed E-state index contributed by atoms with van der Waals surface area (Å²) >= 11 is 6.48. The first kappa shape index (κ1) is 23.9. The lowest BCUT2D eigenvalue weighted by molar-refractivity contribution is -0.145. The number of benzene rings is 2. The number of esters is 1. The summed E-state index contributed by atoms with van der Waals surface area (Å²) in [6.45, 7) is 4.09. The number of ether oxygens (including phenoxy) is 4. The van der Waals surface area contributed by atoms with Crippen LogP contribution in [0.1, 0.15) is 55.0 Å². The van der Waals surface area contributed by atoms with Gasteiger partial charge < -0.3 is 23.5 Å². The molecule has 1 aliphatic heterocycles. The molecule has 4 rings (SSSR count). The van der Waals surface area contributed by atoms with Gasteiger partial charge in [0, 0.05) is 21.8 Å². The molecule has 2 heterocycles. The van der Waals surface area contributed by atoms with Gasteiger partial charge in [-0.3, -0.25) is 4.79 Å². The highest BCUT2D eigenvalue weighted by Crippen LogP contribution is 2.47. The standard InChI is InChI=1S/C27H28ClNO5/c1-16(2)13-18-10-12-22-24(15-25(30)32-4)34-26(19-7-6-8-23(31-3)27(19)33-5)20-14-17(28)9-11-21(20)29(18)22/h6-14,24,26H,15H2,1-5H3. The Bertz CT molecular complexity index is 1240. The Morgan fingerprint density at radius 1 is 1.06 bits per heavy atom. The van der Waals surface area contributed by atoms with Gasteiger partial charge in [0.1, 0.15) is 12.2 Å². The van der Waals surface area contributed by atoms with Crippen LogP contribution in [0.25, 0.3) is 11.8 Å². The average Bonchev–Trinajstić information content (AvgIpc) is 3.17. The van der Waals surface area contributed by atoms with Crippen LogP contribution in [0.15, 0.2) is 54.1 Å². The van der Waals surface area contributed by atoms with E-state index in [-0.39, 0.29) is 12.4 Å². The van der Waals surface area contributed by atoms with Gasteiger partial charge in [-0.2, -0.15) is 0 Å². The van der Waals surface area contributed by atoms with Crippen molar-refractivity contribution in [3.8, 4) is 17.2 Å². The van der Waals surface area contributed by atoms with Crippen LogP contribution >= 0.6 is 11.6 Å². The van der Waals surface area contributed by atoms with Gasteiger partial charge in [0.25, 0.3) is 0 Å². The van der Waals surface area contributed by atoms with Crippen LogP contribution in [0.4, 0.5) is 0 Å². The molecule has 2 unspecified atom stereocenters. The lowest BCUT2D eigenvalue weighted by atomic mass is 9.98. The number of hydrogen-bond donors (Lipinski definition) is 0. The smallest absolute Gasteiger partial charge is 0.308 e. The van der Waals surface area contributed by atoms with Crippen LogP contribution in [0.2, 0.25) is 5.02 Å². The van der Waals surface area contributed by atoms with Crippen LogP contribution in [-0.2, 0) is 14.3 Å². The van der Waals surface area contributed by atoms with Crippen LogP contribution in [0, 0.1) is 0 Å². The number of fused-ring (bicyclic) bond motifs is 3. The SMILES string of the molecule is COC(=O)CC1OC(c2cccc(OC)c2OC)c2cc(Cl)ccc2-n2c(C=C(C)C)ccc21. The van der Waals surface area contributed by atoms with Crippen molar-refractivity contribution in [2.45, 2.75) is 32.5 Å². The number of methoxy groups -OCH3 is 3. The number of allylic oxidation sites excluding steroid dienone is 1. The van der Waals surface area contributed by atoms with Crippen molar-refractivity contribution in [3.05, 3.63) is 81.6 Å². The van der Waals surface area contributed by atoms with Gasteiger partial charge in [-0.05, 0) is 56.3 Å². The Morgan fingerprint density at radius 2 is 1.85 bits per heavy atom. The molecule has 6 nitrogen and oxygen atoms in total. The van der Waals surface area contributed by atoms with Gasteiger partial charge in [0.15, 0.2) is 11.5 Å². The molecule has 1 aromatic heterocycles. The second-order valence-corrected chi connectivity index (χ2v) is 8.75. The van der Waals surface area contributed by atoms with Gasteiger partial charge in [0.05, 0.1) is 39.1 Å². The minimum Gasteiger partial charge on any atom is -0.493 e. The summed E-state index contributed by atoms with van der Waals surface area (Å²) < 4.78 is 25.1. The number of carbonyl (C=O) groups is 1. The third-order valence-corrected chi connectivity index (χ3v) is 6.05. The van der Waals surface area contributed by atoms with E-state index in [2.05, 4.69) is 10.6 Å². The maximum absolute atomic E-state index is 12.4. The zero-order valence-electron chi connectivity index (χ0n) is 19.9. The van der Waals surface area contributed by atoms with Crippen LogP contribution < -0.4 is 9.47 Å². The molecule has 0 saturated carbocycles. The zero-order chi connectivity index (χ0) is 24.4. The number of para-hydroxylation sites is 1. The molecule has 3 aromatic rings. The van der Waals surface area contributed by atoms with Crippen molar-refractivity contribution in [3.63, 3.8) is 0 Å². The molecule has 0 amide bonds. The van der Waals surface area contributed by atoms with Crippen molar-refractivity contribution in [1.82, 2.24) is 4.57 Å². The molecule has 1 aliphatic rings. The molecule has 2 aromatic carbocycles. The maximum atomic E-state index is 12.4. The summed E-state index contributed by atoms with van der Waals surface area (Å²) in [5.41, 5.74) is 5.53. The summed E-state index contributed by atoms with van der Waals surface area (Å²) in [6, 6.07) is 15.4. The molecule has 178 valence electrons. The Labute approximate surface area is 204 Å². The number of halogens is 1. The molecule has 0 spiro atoms. The summed E-state index contributed by atoms with van der Waals surface area (Å²) in [6.07, 6.45) is 1.01. The lowest BCUT2D eigenvalue weighted by Crippen LogP contribution is -2.16. The molecule has 34 heavy (non-hydrogen) atoms. The van der Waals surface area contributed by atoms with E-state index in [4.69, 9.17) is 30.5 Å². The Kier molecular flexibility index (Phi) is 7.00. The monoisotopic (exact) mass is 481 g/mol. The molecular formula is C27H28ClNO5. The summed E-state index contributed by atoms with van der Waals surface area (Å²) in [4.78, 5) is 12.4. The summed E-state index contributed by atoms with van der Waals surface area (Å²) in [7, 11) is 4.57. The topological polar surface area (TPSA) is 58.9 Å². The lowest BCUT2D eigenvalue weighted by Gasteiger charge is -2.25. The molecule has 0 saturated heterocycles. The van der Waals surface area contributed by atoms with E-state index in [9.17, 15) is 4.79 Å². The van der Waals surface area contributed by atoms with Gasteiger partial charge in [0.2, 0.25) is 0 Å². The average molecular weight is 482 g/mol. The second kappa shape index (κ2) is 9.95. The quantitative estimate of drug-likeness (QED) is 0.387. The highest BCUT2D eigenvalue weighted by atomic mass is 35.5. The Hall–Kier alpha value is -3.22. The van der Waals surface area contributed by atoms with Crippen molar-refractivity contribution >= 4 is 23.6 Å². The van der Waals surface area contributed by atoms with E-state index in [0.717, 1.165) is 33.8 Å². The fourth-order valence-corrected chi connectivity index (χ4v) is 4.58. The third kappa shape index (κ3) is 4.43. The molecule has 0 radical (unpaired) electrons. The predicted octanol–water partition coefficient (Wildman–Crippen LogP) is 6.29. The van der Waals surface area contributed by atoms with Crippen molar-refractivity contribution in [2.75, 3.05) is 21.3 Å². The molecule has 7 heteroatoms. The van der Waals surface area contributed by atoms with E-state index in [1.165, 1.54) is 7.11 Å². The van der Waals surface area contributed by atoms with Crippen molar-refractivity contribution < 1.29 is 23.7 Å². The second-order valence-electron chi connectivity index (χ2n) is 8.31. The van der Waals surface area contributed by atoms with Gasteiger partial charge in [-0.15, -0.1) is 0 Å². The maximum Gasteiger partial charge on any atom is 0.308 e. The van der Waals surface area contributed by atoms with E-state index in [0.29, 0.717) is 16.5 Å². The van der Waals surface area contributed by atoms with E-state index in [1.54, 1.807) is 14.2 Å². The van der Waals surface area contributed by atoms with Gasteiger partial charge in [-0.25, -0.2) is 0 Å². The molecule has 0 aliphatic carbocycles. The first-order chi connectivity index (χ1) is 16.4. The van der Waals surface area contributed by atoms with Gasteiger partial charge >= 0.3 is 5.97 Å². The zero-order valence-corrected chi connectivity index (χ0v) is 20.7. The number of hydrogen-bond acceptors (Lipinski definition) is 5. The summed E-state index contributed by atoms with van der Waals surface area (Å²) in [5.74, 6) is 0.793. The Morgan fingerprint density at radius 3 is 2.53 bits per heavy atom. The van der Waals surface area contributed by atoms with E-state index in [1.807, 2.05) is 62.4 Å². The molecule has 0 N–H and O–H groups in total. The molecule has 2 atom stereocenters. The van der Waals surface area contributed by atoms with Crippen LogP contribution in [-0.4, -0.2) is 31.9 Å². The number of nitrogens with zero attached hydrogens (tertiary/aromatic N) is 1. The Balaban J connectivity index is 2.01. The molecular weight excluding hydrogens is 454 g/mol. The fourth-order valence-electron chi connectivity index (χ4n) is 4.40. The third-order valence-electron chi connectivity index (χ3n) is 5.82. The first-order valence-corrected chi connectivity index (χ1v) is 11.3. The number of aromatic nitrogens is 1. The molecule has 0 bridgehead atoms. The van der Waals surface area contributed by atoms with Crippen molar-refractivity contribution in [2.24, 2.45) is 0 Å². The minimum absolute atomic E-state index is 0.0548. The van der Waals surface area contributed by atoms with Crippen molar-refractivity contribution in [1.29, 1.82) is 0 Å². The first-order valence-electron chi connectivity index (χ1n) is 11.0. The molecule has 0 fully saturated rings. The number of rotatable bonds is 6. The minimum atomic E-state index is -0.576. The largest absolute Gasteiger partial charge is 0.493 e. The fraction of sp³-hybridized carbons (Fsp3) is 0.296. The predicted molar refractivity (Wildman–Crippen MR) is 132 cm³/mol. The highest BCUT2D eigenvalue weighted by molar-refractivity contribution is 6.30. The normalized spacial score (nSPS) is 16.6. The van der Waals surface area contributed by atoms with Crippen LogP contribution in [0.3, 0.4) is 0 Å². The van der Waals surface area contributed by atoms with Crippen LogP contribution in [0.5, 0.6) is 11.5 Å². The van der Waals surface area contributed by atoms with Gasteiger partial charge in [-0.1, -0.05) is 29.3 Å².